The molecule has 0 rings (SSSR count). The minimum absolute atomic E-state index is 0.170. The molecule has 0 aromatic heterocycles. The van der Waals surface area contributed by atoms with E-state index in [9.17, 15) is 9.59 Å². The summed E-state index contributed by atoms with van der Waals surface area (Å²) in [5.41, 5.74) is 0. The monoisotopic (exact) mass is 306 g/mol. The number of unbranched alkanes of at least 4 members (excludes halogenated alkanes) is 1. The van der Waals surface area contributed by atoms with Crippen LogP contribution < -0.4 is 5.32 Å². The average Bonchev–Trinajstić information content (AvgIpc) is 2.39. The maximum absolute atomic E-state index is 9.94. The molecule has 0 aliphatic carbocycles. The van der Waals surface area contributed by atoms with Crippen molar-refractivity contribution < 1.29 is 24.2 Å². The number of aldehydes is 1. The van der Waals surface area contributed by atoms with Gasteiger partial charge in [-0.2, -0.15) is 0 Å². The van der Waals surface area contributed by atoms with Gasteiger partial charge in [0.1, 0.15) is 6.29 Å². The van der Waals surface area contributed by atoms with Crippen molar-refractivity contribution in [2.24, 2.45) is 0 Å². The quantitative estimate of drug-likeness (QED) is 0.428. The summed E-state index contributed by atoms with van der Waals surface area (Å²) in [4.78, 5) is 30.7. The second-order valence-corrected chi connectivity index (χ2v) is 4.01. The number of rotatable bonds is 6. The normalized spacial score (nSPS) is 8.33. The fraction of sp³-hybridized carbons (Fsp3) is 0.643. The lowest BCUT2D eigenvalue weighted by Gasteiger charge is -1.90. The highest BCUT2D eigenvalue weighted by Crippen LogP contribution is 1.95. The predicted molar refractivity (Wildman–Crippen MR) is 84.4 cm³/mol. The van der Waals surface area contributed by atoms with Crippen molar-refractivity contribution in [3.63, 3.8) is 0 Å². The smallest absolute Gasteiger partial charge is 0.303 e. The Morgan fingerprint density at radius 1 is 1.24 bits per heavy atom. The second kappa shape index (κ2) is 30.9. The van der Waals surface area contributed by atoms with Gasteiger partial charge < -0.3 is 20.1 Å². The van der Waals surface area contributed by atoms with Gasteiger partial charge in [-0.1, -0.05) is 6.08 Å². The van der Waals surface area contributed by atoms with Gasteiger partial charge in [0.05, 0.1) is 0 Å². The van der Waals surface area contributed by atoms with Crippen LogP contribution in [0.5, 0.6) is 0 Å². The van der Waals surface area contributed by atoms with Crippen LogP contribution >= 0.6 is 0 Å². The number of hydrogen-bond donors (Lipinski definition) is 2. The fourth-order valence-electron chi connectivity index (χ4n) is 0.523. The molecule has 0 spiro atoms. The van der Waals surface area contributed by atoms with Gasteiger partial charge in [-0.05, 0) is 40.1 Å². The van der Waals surface area contributed by atoms with E-state index in [1.807, 2.05) is 26.0 Å². The molecule has 0 saturated carbocycles. The SMILES string of the molecule is CN(C)C.CNC=O.COC.O=C/C=C/CCCC(=O)O. The molecule has 1 amide bonds. The number of carbonyl (C=O) groups excluding carboxylic acids is 2. The molecule has 0 radical (unpaired) electrons. The van der Waals surface area contributed by atoms with Crippen LogP contribution in [0.4, 0.5) is 0 Å². The highest BCUT2D eigenvalue weighted by atomic mass is 16.4. The number of hydrogen-bond acceptors (Lipinski definition) is 5. The van der Waals surface area contributed by atoms with Crippen molar-refractivity contribution in [2.45, 2.75) is 19.3 Å². The Morgan fingerprint density at radius 3 is 1.86 bits per heavy atom. The predicted octanol–water partition coefficient (Wildman–Crippen LogP) is 0.799. The molecule has 2 N–H and O–H groups in total. The van der Waals surface area contributed by atoms with E-state index >= 15 is 0 Å². The van der Waals surface area contributed by atoms with E-state index in [0.717, 1.165) is 0 Å². The van der Waals surface area contributed by atoms with E-state index < -0.39 is 5.97 Å². The Balaban J connectivity index is -0.000000109. The number of amides is 1. The Labute approximate surface area is 128 Å². The zero-order valence-electron chi connectivity index (χ0n) is 14.0. The van der Waals surface area contributed by atoms with Gasteiger partial charge >= 0.3 is 5.97 Å². The van der Waals surface area contributed by atoms with Gasteiger partial charge in [-0.3, -0.25) is 14.4 Å². The van der Waals surface area contributed by atoms with Gasteiger partial charge in [0, 0.05) is 27.7 Å². The van der Waals surface area contributed by atoms with Crippen molar-refractivity contribution in [3.05, 3.63) is 12.2 Å². The third-order valence-corrected chi connectivity index (χ3v) is 1.09. The third kappa shape index (κ3) is 123. The first-order chi connectivity index (χ1) is 9.83. The molecular formula is C14H30N2O5. The van der Waals surface area contributed by atoms with Crippen molar-refractivity contribution in [3.8, 4) is 0 Å². The summed E-state index contributed by atoms with van der Waals surface area (Å²) < 4.78 is 4.25. The molecule has 0 atom stereocenters. The van der Waals surface area contributed by atoms with E-state index in [-0.39, 0.29) is 6.42 Å². The maximum atomic E-state index is 9.94. The molecule has 0 fully saturated rings. The van der Waals surface area contributed by atoms with Crippen LogP contribution in [-0.4, -0.2) is 71.1 Å². The minimum Gasteiger partial charge on any atom is -0.481 e. The van der Waals surface area contributed by atoms with Crippen molar-refractivity contribution >= 4 is 18.7 Å². The molecule has 7 nitrogen and oxygen atoms in total. The molecule has 0 saturated heterocycles. The summed E-state index contributed by atoms with van der Waals surface area (Å²) in [6, 6.07) is 0. The topological polar surface area (TPSA) is 95.9 Å². The van der Waals surface area contributed by atoms with E-state index in [1.54, 1.807) is 27.3 Å². The van der Waals surface area contributed by atoms with E-state index in [0.29, 0.717) is 25.5 Å². The van der Waals surface area contributed by atoms with Crippen LogP contribution in [0.15, 0.2) is 12.2 Å². The summed E-state index contributed by atoms with van der Waals surface area (Å²) >= 11 is 0. The van der Waals surface area contributed by atoms with E-state index in [4.69, 9.17) is 9.90 Å². The van der Waals surface area contributed by atoms with E-state index in [1.165, 1.54) is 6.08 Å². The van der Waals surface area contributed by atoms with E-state index in [2.05, 4.69) is 10.1 Å². The molecule has 0 aromatic rings. The number of carbonyl (C=O) groups is 3. The number of carboxylic acid groups (broad SMARTS) is 1. The van der Waals surface area contributed by atoms with Crippen molar-refractivity contribution in [2.75, 3.05) is 42.4 Å². The van der Waals surface area contributed by atoms with Crippen LogP contribution in [0.1, 0.15) is 19.3 Å². The van der Waals surface area contributed by atoms with Gasteiger partial charge in [0.25, 0.3) is 0 Å². The van der Waals surface area contributed by atoms with Gasteiger partial charge in [-0.15, -0.1) is 0 Å². The minimum atomic E-state index is -0.792. The summed E-state index contributed by atoms with van der Waals surface area (Å²) in [5, 5.41) is 10.4. The largest absolute Gasteiger partial charge is 0.481 e. The van der Waals surface area contributed by atoms with Crippen LogP contribution in [0, 0.1) is 0 Å². The Morgan fingerprint density at radius 2 is 1.62 bits per heavy atom. The molecule has 0 aromatic carbocycles. The Hall–Kier alpha value is -1.73. The molecule has 7 heteroatoms. The molecule has 0 unspecified atom stereocenters. The van der Waals surface area contributed by atoms with Crippen molar-refractivity contribution in [1.82, 2.24) is 10.2 Å². The number of allylic oxidation sites excluding steroid dienone is 2. The molecule has 126 valence electrons. The lowest BCUT2D eigenvalue weighted by Crippen LogP contribution is -1.99. The summed E-state index contributed by atoms with van der Waals surface area (Å²) in [5.74, 6) is -0.792. The highest BCUT2D eigenvalue weighted by Gasteiger charge is 1.92. The average molecular weight is 306 g/mol. The first kappa shape index (κ1) is 27.6. The number of aliphatic carboxylic acids is 1. The molecular weight excluding hydrogens is 276 g/mol. The van der Waals surface area contributed by atoms with Crippen LogP contribution in [0.2, 0.25) is 0 Å². The number of methoxy groups -OCH3 is 1. The fourth-order valence-corrected chi connectivity index (χ4v) is 0.523. The van der Waals surface area contributed by atoms with Crippen LogP contribution in [0.3, 0.4) is 0 Å². The number of nitrogens with one attached hydrogen (secondary N) is 1. The third-order valence-electron chi connectivity index (χ3n) is 1.09. The highest BCUT2D eigenvalue weighted by molar-refractivity contribution is 5.66. The second-order valence-electron chi connectivity index (χ2n) is 4.01. The lowest BCUT2D eigenvalue weighted by atomic mass is 10.2. The Kier molecular flexibility index (Phi) is 40.6. The number of nitrogens with zero attached hydrogens (tertiary/aromatic N) is 1. The first-order valence-corrected chi connectivity index (χ1v) is 6.27. The van der Waals surface area contributed by atoms with Crippen LogP contribution in [-0.2, 0) is 19.1 Å². The van der Waals surface area contributed by atoms with Crippen molar-refractivity contribution in [1.29, 1.82) is 0 Å². The summed E-state index contributed by atoms with van der Waals surface area (Å²) in [6.45, 7) is 0. The van der Waals surface area contributed by atoms with Gasteiger partial charge in [-0.25, -0.2) is 0 Å². The Bertz CT molecular complexity index is 241. The zero-order chi connectivity index (χ0) is 17.5. The molecule has 21 heavy (non-hydrogen) atoms. The maximum Gasteiger partial charge on any atom is 0.303 e. The molecule has 0 bridgehead atoms. The lowest BCUT2D eigenvalue weighted by molar-refractivity contribution is -0.137. The number of ether oxygens (including phenoxy) is 1. The van der Waals surface area contributed by atoms with Gasteiger partial charge in [0.2, 0.25) is 6.41 Å². The van der Waals surface area contributed by atoms with Gasteiger partial charge in [0.15, 0.2) is 0 Å². The molecule has 0 aliphatic heterocycles. The molecule has 0 aliphatic rings. The summed E-state index contributed by atoms with van der Waals surface area (Å²) in [7, 11) is 10.8. The first-order valence-electron chi connectivity index (χ1n) is 6.27. The standard InChI is InChI=1S/C7H10O3.C3H9N.C2H5NO.C2H6O/c8-6-4-2-1-3-5-7(9)10;1-4(2)3;1-3-2-4;1-3-2/h2,4,6H,1,3,5H2,(H,9,10);1-3H3;2H,1H3,(H,3,4);1-2H3/b4-2+;;;. The number of carboxylic acids is 1. The zero-order valence-corrected chi connectivity index (χ0v) is 14.0. The molecule has 0 heterocycles. The van der Waals surface area contributed by atoms with Crippen LogP contribution in [0.25, 0.3) is 0 Å². The summed E-state index contributed by atoms with van der Waals surface area (Å²) in [6.07, 6.45) is 5.77.